The molecule has 0 bridgehead atoms. The van der Waals surface area contributed by atoms with Crippen LogP contribution in [0.1, 0.15) is 31.4 Å². The summed E-state index contributed by atoms with van der Waals surface area (Å²) < 4.78 is 0. The van der Waals surface area contributed by atoms with Gasteiger partial charge in [0.05, 0.1) is 5.69 Å². The number of amidine groups is 1. The Morgan fingerprint density at radius 2 is 1.70 bits per heavy atom. The SMILES string of the molecule is C#CCC.C=C1c2ccccc2N=C(C)N1Cc1ccccc1. The van der Waals surface area contributed by atoms with Gasteiger partial charge in [-0.25, -0.2) is 4.99 Å². The fourth-order valence-corrected chi connectivity index (χ4v) is 2.37. The zero-order valence-electron chi connectivity index (χ0n) is 13.8. The van der Waals surface area contributed by atoms with Crippen molar-refractivity contribution in [3.05, 3.63) is 72.3 Å². The van der Waals surface area contributed by atoms with E-state index in [0.717, 1.165) is 35.7 Å². The first kappa shape index (κ1) is 16.6. The minimum Gasteiger partial charge on any atom is -0.326 e. The predicted octanol–water partition coefficient (Wildman–Crippen LogP) is 5.25. The second-order valence-electron chi connectivity index (χ2n) is 5.25. The van der Waals surface area contributed by atoms with Crippen LogP contribution in [-0.2, 0) is 6.54 Å². The average molecular weight is 302 g/mol. The van der Waals surface area contributed by atoms with Crippen molar-refractivity contribution >= 4 is 17.2 Å². The van der Waals surface area contributed by atoms with E-state index in [9.17, 15) is 0 Å². The number of rotatable bonds is 2. The number of terminal acetylenes is 1. The summed E-state index contributed by atoms with van der Waals surface area (Å²) in [6, 6.07) is 18.5. The van der Waals surface area contributed by atoms with Gasteiger partial charge in [-0.05, 0) is 18.6 Å². The monoisotopic (exact) mass is 302 g/mol. The second kappa shape index (κ2) is 8.00. The van der Waals surface area contributed by atoms with Crippen LogP contribution in [0.15, 0.2) is 66.2 Å². The van der Waals surface area contributed by atoms with Crippen LogP contribution in [0.5, 0.6) is 0 Å². The topological polar surface area (TPSA) is 15.6 Å². The Bertz CT molecular complexity index is 736. The molecule has 116 valence electrons. The number of nitrogens with zero attached hydrogens (tertiary/aromatic N) is 2. The third-order valence-corrected chi connectivity index (χ3v) is 3.60. The maximum atomic E-state index is 4.78. The van der Waals surface area contributed by atoms with Gasteiger partial charge in [0, 0.05) is 24.2 Å². The second-order valence-corrected chi connectivity index (χ2v) is 5.25. The van der Waals surface area contributed by atoms with Crippen LogP contribution in [0.4, 0.5) is 5.69 Å². The third kappa shape index (κ3) is 4.11. The molecule has 2 heteroatoms. The maximum absolute atomic E-state index is 4.78. The van der Waals surface area contributed by atoms with E-state index in [1.54, 1.807) is 0 Å². The lowest BCUT2D eigenvalue weighted by molar-refractivity contribution is 0.570. The van der Waals surface area contributed by atoms with E-state index in [4.69, 9.17) is 6.42 Å². The molecule has 1 aliphatic heterocycles. The Morgan fingerprint density at radius 3 is 2.35 bits per heavy atom. The van der Waals surface area contributed by atoms with Gasteiger partial charge in [0.1, 0.15) is 5.84 Å². The highest BCUT2D eigenvalue weighted by molar-refractivity contribution is 5.96. The van der Waals surface area contributed by atoms with E-state index in [0.29, 0.717) is 0 Å². The van der Waals surface area contributed by atoms with Crippen molar-refractivity contribution in [3.8, 4) is 12.3 Å². The smallest absolute Gasteiger partial charge is 0.106 e. The summed E-state index contributed by atoms with van der Waals surface area (Å²) >= 11 is 0. The molecule has 0 saturated carbocycles. The molecule has 1 aliphatic rings. The molecule has 23 heavy (non-hydrogen) atoms. The highest BCUT2D eigenvalue weighted by atomic mass is 15.2. The quantitative estimate of drug-likeness (QED) is 0.692. The maximum Gasteiger partial charge on any atom is 0.106 e. The summed E-state index contributed by atoms with van der Waals surface area (Å²) in [5.41, 5.74) is 4.41. The molecular weight excluding hydrogens is 280 g/mol. The van der Waals surface area contributed by atoms with Crippen LogP contribution < -0.4 is 0 Å². The van der Waals surface area contributed by atoms with Gasteiger partial charge in [0.25, 0.3) is 0 Å². The number of para-hydroxylation sites is 1. The molecule has 2 aromatic carbocycles. The first-order chi connectivity index (χ1) is 11.2. The lowest BCUT2D eigenvalue weighted by Crippen LogP contribution is -2.28. The predicted molar refractivity (Wildman–Crippen MR) is 99.4 cm³/mol. The molecule has 0 saturated heterocycles. The first-order valence-electron chi connectivity index (χ1n) is 7.76. The van der Waals surface area contributed by atoms with Gasteiger partial charge in [-0.15, -0.1) is 12.3 Å². The number of aliphatic imine (C=N–C) groups is 1. The standard InChI is InChI=1S/C17H16N2.C4H6/c1-13-16-10-6-7-11-17(16)18-14(2)19(13)12-15-8-4-3-5-9-15;1-3-4-2/h3-11H,1,12H2,2H3;1H,4H2,2H3. The zero-order valence-corrected chi connectivity index (χ0v) is 13.8. The van der Waals surface area contributed by atoms with Crippen LogP contribution in [0, 0.1) is 12.3 Å². The van der Waals surface area contributed by atoms with Gasteiger partial charge in [0.2, 0.25) is 0 Å². The molecule has 2 aromatic rings. The summed E-state index contributed by atoms with van der Waals surface area (Å²) in [6.45, 7) is 9.01. The van der Waals surface area contributed by atoms with E-state index >= 15 is 0 Å². The number of benzene rings is 2. The molecular formula is C21H22N2. The molecule has 0 amide bonds. The molecule has 0 spiro atoms. The highest BCUT2D eigenvalue weighted by Crippen LogP contribution is 2.33. The van der Waals surface area contributed by atoms with Gasteiger partial charge in [-0.3, -0.25) is 0 Å². The molecule has 0 N–H and O–H groups in total. The van der Waals surface area contributed by atoms with Crippen molar-refractivity contribution in [3.63, 3.8) is 0 Å². The summed E-state index contributed by atoms with van der Waals surface area (Å²) in [5, 5.41) is 0. The highest BCUT2D eigenvalue weighted by Gasteiger charge is 2.20. The Labute approximate surface area is 139 Å². The zero-order chi connectivity index (χ0) is 16.7. The van der Waals surface area contributed by atoms with E-state index in [1.807, 2.05) is 38.1 Å². The Morgan fingerprint density at radius 1 is 1.09 bits per heavy atom. The van der Waals surface area contributed by atoms with Gasteiger partial charge in [0.15, 0.2) is 0 Å². The minimum atomic E-state index is 0.809. The normalized spacial score (nSPS) is 12.5. The first-order valence-corrected chi connectivity index (χ1v) is 7.76. The summed E-state index contributed by atoms with van der Waals surface area (Å²) in [7, 11) is 0. The van der Waals surface area contributed by atoms with E-state index < -0.39 is 0 Å². The Balaban J connectivity index is 0.000000433. The summed E-state index contributed by atoms with van der Waals surface area (Å²) in [5.74, 6) is 3.42. The molecule has 0 fully saturated rings. The molecule has 0 atom stereocenters. The number of hydrogen-bond donors (Lipinski definition) is 0. The molecule has 3 rings (SSSR count). The van der Waals surface area contributed by atoms with Crippen molar-refractivity contribution < 1.29 is 0 Å². The van der Waals surface area contributed by atoms with Crippen LogP contribution >= 0.6 is 0 Å². The molecule has 2 nitrogen and oxygen atoms in total. The van der Waals surface area contributed by atoms with Gasteiger partial charge in [-0.2, -0.15) is 0 Å². The van der Waals surface area contributed by atoms with E-state index in [-0.39, 0.29) is 0 Å². The van der Waals surface area contributed by atoms with Gasteiger partial charge >= 0.3 is 0 Å². The summed E-state index contributed by atoms with van der Waals surface area (Å²) in [4.78, 5) is 6.82. The van der Waals surface area contributed by atoms with Crippen LogP contribution in [0.3, 0.4) is 0 Å². The van der Waals surface area contributed by atoms with Crippen LogP contribution in [0.2, 0.25) is 0 Å². The van der Waals surface area contributed by atoms with Gasteiger partial charge < -0.3 is 4.90 Å². The lowest BCUT2D eigenvalue weighted by atomic mass is 10.1. The fraction of sp³-hybridized carbons (Fsp3) is 0.190. The van der Waals surface area contributed by atoms with Crippen molar-refractivity contribution in [2.75, 3.05) is 0 Å². The van der Waals surface area contributed by atoms with Crippen molar-refractivity contribution in [1.82, 2.24) is 4.90 Å². The third-order valence-electron chi connectivity index (χ3n) is 3.60. The van der Waals surface area contributed by atoms with Crippen molar-refractivity contribution in [2.24, 2.45) is 4.99 Å². The lowest BCUT2D eigenvalue weighted by Gasteiger charge is -2.31. The molecule has 0 radical (unpaired) electrons. The van der Waals surface area contributed by atoms with Crippen LogP contribution in [0.25, 0.3) is 5.70 Å². The molecule has 0 aliphatic carbocycles. The van der Waals surface area contributed by atoms with Crippen molar-refractivity contribution in [1.29, 1.82) is 0 Å². The largest absolute Gasteiger partial charge is 0.326 e. The van der Waals surface area contributed by atoms with E-state index in [1.165, 1.54) is 5.56 Å². The van der Waals surface area contributed by atoms with E-state index in [2.05, 4.69) is 52.7 Å². The fourth-order valence-electron chi connectivity index (χ4n) is 2.37. The molecule has 0 aromatic heterocycles. The Hall–Kier alpha value is -2.79. The summed E-state index contributed by atoms with van der Waals surface area (Å²) in [6.07, 6.45) is 5.62. The molecule has 1 heterocycles. The minimum absolute atomic E-state index is 0.809. The molecule has 0 unspecified atom stereocenters. The average Bonchev–Trinajstić information content (AvgIpc) is 2.60. The number of fused-ring (bicyclic) bond motifs is 1. The Kier molecular flexibility index (Phi) is 5.77. The van der Waals surface area contributed by atoms with Gasteiger partial charge in [-0.1, -0.05) is 62.0 Å². The van der Waals surface area contributed by atoms with Crippen molar-refractivity contribution in [2.45, 2.75) is 26.8 Å². The van der Waals surface area contributed by atoms with Crippen LogP contribution in [-0.4, -0.2) is 10.7 Å². The number of hydrogen-bond acceptors (Lipinski definition) is 2.